The number of hydrogen-bond acceptors (Lipinski definition) is 4. The molecule has 1 rings (SSSR count). The molecular formula is C13H19O4Si-. The normalized spacial score (nSPS) is 12.9. The fourth-order valence-electron chi connectivity index (χ4n) is 1.99. The van der Waals surface area contributed by atoms with Crippen molar-refractivity contribution in [3.63, 3.8) is 0 Å². The summed E-state index contributed by atoms with van der Waals surface area (Å²) in [7, 11) is 1.15. The second-order valence-electron chi connectivity index (χ2n) is 5.26. The molecule has 0 aliphatic carbocycles. The predicted molar refractivity (Wildman–Crippen MR) is 70.6 cm³/mol. The monoisotopic (exact) mass is 267 g/mol. The number of hydrogen-bond donors (Lipinski definition) is 0. The van der Waals surface area contributed by atoms with E-state index in [1.165, 1.54) is 0 Å². The summed E-state index contributed by atoms with van der Waals surface area (Å²) in [5, 5.41) is 11.4. The van der Waals surface area contributed by atoms with Crippen molar-refractivity contribution in [2.45, 2.75) is 25.2 Å². The second-order valence-corrected chi connectivity index (χ2v) is 10.6. The van der Waals surface area contributed by atoms with Crippen LogP contribution >= 0.6 is 0 Å². The van der Waals surface area contributed by atoms with Crippen LogP contribution in [0.3, 0.4) is 0 Å². The summed E-state index contributed by atoms with van der Waals surface area (Å²) in [6.45, 7) is 6.00. The van der Waals surface area contributed by atoms with Crippen LogP contribution in [0, 0.1) is 0 Å². The van der Waals surface area contributed by atoms with Crippen LogP contribution in [0.2, 0.25) is 19.6 Å². The van der Waals surface area contributed by atoms with Crippen molar-refractivity contribution in [3.8, 4) is 11.5 Å². The van der Waals surface area contributed by atoms with Crippen LogP contribution in [0.25, 0.3) is 0 Å². The Hall–Kier alpha value is -1.49. The molecular weight excluding hydrogens is 248 g/mol. The molecule has 1 aromatic carbocycles. The van der Waals surface area contributed by atoms with Gasteiger partial charge in [0.05, 0.1) is 22.3 Å². The zero-order valence-corrected chi connectivity index (χ0v) is 12.4. The summed E-state index contributed by atoms with van der Waals surface area (Å²) in [4.78, 5) is 11.4. The summed E-state index contributed by atoms with van der Waals surface area (Å²) in [5.74, 6) is 0.146. The molecule has 0 amide bonds. The van der Waals surface area contributed by atoms with Crippen molar-refractivity contribution in [3.05, 3.63) is 23.8 Å². The van der Waals surface area contributed by atoms with Gasteiger partial charge in [0.1, 0.15) is 11.5 Å². The summed E-state index contributed by atoms with van der Waals surface area (Å²) in [5.41, 5.74) is 0.104. The van der Waals surface area contributed by atoms with Gasteiger partial charge in [0.2, 0.25) is 0 Å². The third-order valence-electron chi connectivity index (χ3n) is 2.81. The van der Waals surface area contributed by atoms with Gasteiger partial charge in [0.25, 0.3) is 0 Å². The molecule has 0 heterocycles. The van der Waals surface area contributed by atoms with E-state index in [1.807, 2.05) is 19.6 Å². The minimum Gasteiger partial charge on any atom is -0.550 e. The van der Waals surface area contributed by atoms with Crippen molar-refractivity contribution in [1.29, 1.82) is 0 Å². The van der Waals surface area contributed by atoms with Crippen molar-refractivity contribution >= 4 is 14.0 Å². The smallest absolute Gasteiger partial charge is 0.122 e. The molecule has 18 heavy (non-hydrogen) atoms. The molecule has 0 saturated heterocycles. The molecule has 1 atom stereocenters. The van der Waals surface area contributed by atoms with Crippen LogP contribution in [-0.2, 0) is 4.79 Å². The number of benzene rings is 1. The predicted octanol–water partition coefficient (Wildman–Crippen LogP) is 1.41. The molecule has 0 aliphatic rings. The maximum atomic E-state index is 11.4. The summed E-state index contributed by atoms with van der Waals surface area (Å²) in [6.07, 6.45) is 0. The van der Waals surface area contributed by atoms with E-state index < -0.39 is 19.6 Å². The van der Waals surface area contributed by atoms with Gasteiger partial charge in [-0.05, 0) is 17.7 Å². The van der Waals surface area contributed by atoms with Crippen LogP contribution in [0.15, 0.2) is 18.2 Å². The van der Waals surface area contributed by atoms with Crippen LogP contribution in [0.1, 0.15) is 11.1 Å². The van der Waals surface area contributed by atoms with E-state index >= 15 is 0 Å². The van der Waals surface area contributed by atoms with Gasteiger partial charge in [-0.25, -0.2) is 0 Å². The quantitative estimate of drug-likeness (QED) is 0.757. The van der Waals surface area contributed by atoms with Gasteiger partial charge in [0.15, 0.2) is 0 Å². The molecule has 0 spiro atoms. The fourth-order valence-corrected chi connectivity index (χ4v) is 3.86. The Labute approximate surface area is 109 Å². The highest BCUT2D eigenvalue weighted by atomic mass is 28.3. The highest BCUT2D eigenvalue weighted by molar-refractivity contribution is 6.80. The zero-order valence-electron chi connectivity index (χ0n) is 11.4. The third kappa shape index (κ3) is 3.26. The first kappa shape index (κ1) is 14.6. The Morgan fingerprint density at radius 1 is 1.11 bits per heavy atom. The van der Waals surface area contributed by atoms with E-state index in [0.29, 0.717) is 17.1 Å². The SMILES string of the molecule is COc1cc(OC)cc(C(C(=O)[O-])[Si](C)(C)C)c1. The van der Waals surface area contributed by atoms with E-state index in [-0.39, 0.29) is 0 Å². The third-order valence-corrected chi connectivity index (χ3v) is 5.11. The molecule has 0 radical (unpaired) electrons. The number of rotatable bonds is 5. The number of ether oxygens (including phenoxy) is 2. The van der Waals surface area contributed by atoms with Crippen molar-refractivity contribution in [2.75, 3.05) is 14.2 Å². The second kappa shape index (κ2) is 5.43. The lowest BCUT2D eigenvalue weighted by molar-refractivity contribution is -0.305. The van der Waals surface area contributed by atoms with Gasteiger partial charge in [-0.15, -0.1) is 0 Å². The molecule has 1 unspecified atom stereocenters. The first-order valence-electron chi connectivity index (χ1n) is 5.73. The molecule has 1 aromatic rings. The first-order chi connectivity index (χ1) is 8.29. The van der Waals surface area contributed by atoms with E-state index in [4.69, 9.17) is 9.47 Å². The molecule has 0 aromatic heterocycles. The lowest BCUT2D eigenvalue weighted by Gasteiger charge is -2.30. The van der Waals surface area contributed by atoms with Gasteiger partial charge in [-0.1, -0.05) is 19.6 Å². The average molecular weight is 267 g/mol. The lowest BCUT2D eigenvalue weighted by Crippen LogP contribution is -2.43. The van der Waals surface area contributed by atoms with Crippen molar-refractivity contribution in [1.82, 2.24) is 0 Å². The Bertz CT molecular complexity index is 415. The highest BCUT2D eigenvalue weighted by Crippen LogP contribution is 2.32. The number of carboxylic acids is 1. The fraction of sp³-hybridized carbons (Fsp3) is 0.462. The van der Waals surface area contributed by atoms with E-state index in [1.54, 1.807) is 32.4 Å². The average Bonchev–Trinajstić information content (AvgIpc) is 2.26. The molecule has 0 saturated carbocycles. The molecule has 0 bridgehead atoms. The van der Waals surface area contributed by atoms with Gasteiger partial charge in [-0.3, -0.25) is 0 Å². The maximum absolute atomic E-state index is 11.4. The van der Waals surface area contributed by atoms with Gasteiger partial charge >= 0.3 is 0 Å². The molecule has 4 nitrogen and oxygen atoms in total. The first-order valence-corrected chi connectivity index (χ1v) is 9.31. The van der Waals surface area contributed by atoms with Crippen molar-refractivity contribution < 1.29 is 19.4 Å². The van der Waals surface area contributed by atoms with Crippen LogP contribution < -0.4 is 14.6 Å². The van der Waals surface area contributed by atoms with E-state index in [2.05, 4.69) is 0 Å². The Balaban J connectivity index is 3.32. The summed E-state index contributed by atoms with van der Waals surface area (Å²) in [6, 6.07) is 5.20. The molecule has 5 heteroatoms. The molecule has 0 aliphatic heterocycles. The highest BCUT2D eigenvalue weighted by Gasteiger charge is 2.30. The summed E-state index contributed by atoms with van der Waals surface area (Å²) < 4.78 is 10.3. The van der Waals surface area contributed by atoms with Crippen molar-refractivity contribution in [2.24, 2.45) is 0 Å². The topological polar surface area (TPSA) is 58.6 Å². The maximum Gasteiger partial charge on any atom is 0.122 e. The molecule has 0 N–H and O–H groups in total. The standard InChI is InChI=1S/C13H20O4Si/c1-16-10-6-9(7-11(8-10)17-2)12(13(14)15)18(3,4)5/h6-8,12H,1-5H3,(H,14,15)/p-1. The van der Waals surface area contributed by atoms with Gasteiger partial charge in [-0.2, -0.15) is 0 Å². The Kier molecular flexibility index (Phi) is 4.40. The van der Waals surface area contributed by atoms with Crippen LogP contribution in [0.4, 0.5) is 0 Å². The van der Waals surface area contributed by atoms with Gasteiger partial charge < -0.3 is 19.4 Å². The number of aliphatic carboxylic acids is 1. The number of methoxy groups -OCH3 is 2. The van der Waals surface area contributed by atoms with Crippen LogP contribution in [0.5, 0.6) is 11.5 Å². The molecule has 0 fully saturated rings. The van der Waals surface area contributed by atoms with Gasteiger partial charge in [0, 0.05) is 17.6 Å². The number of carbonyl (C=O) groups excluding carboxylic acids is 1. The van der Waals surface area contributed by atoms with E-state index in [0.717, 1.165) is 0 Å². The Morgan fingerprint density at radius 2 is 1.56 bits per heavy atom. The van der Waals surface area contributed by atoms with Crippen LogP contribution in [-0.4, -0.2) is 28.3 Å². The number of carbonyl (C=O) groups is 1. The lowest BCUT2D eigenvalue weighted by atomic mass is 10.1. The Morgan fingerprint density at radius 3 is 1.83 bits per heavy atom. The minimum absolute atomic E-state index is 0.582. The zero-order chi connectivity index (χ0) is 13.9. The largest absolute Gasteiger partial charge is 0.550 e. The number of carboxylic acid groups (broad SMARTS) is 1. The summed E-state index contributed by atoms with van der Waals surface area (Å²) >= 11 is 0. The van der Waals surface area contributed by atoms with E-state index in [9.17, 15) is 9.90 Å². The molecule has 100 valence electrons. The minimum atomic E-state index is -1.94.